The Kier molecular flexibility index (Phi) is 5.87. The van der Waals surface area contributed by atoms with Gasteiger partial charge in [-0.05, 0) is 48.5 Å². The van der Waals surface area contributed by atoms with Crippen molar-refractivity contribution in [2.45, 2.75) is 6.10 Å². The normalized spacial score (nSPS) is 19.0. The summed E-state index contributed by atoms with van der Waals surface area (Å²) < 4.78 is 10.5. The average molecular weight is 430 g/mol. The lowest BCUT2D eigenvalue weighted by Crippen LogP contribution is -2.41. The van der Waals surface area contributed by atoms with Crippen LogP contribution in [0.15, 0.2) is 48.5 Å². The molecule has 2 aliphatic rings. The van der Waals surface area contributed by atoms with Gasteiger partial charge >= 0.3 is 6.09 Å². The molecule has 0 radical (unpaired) electrons. The van der Waals surface area contributed by atoms with Gasteiger partial charge in [0.2, 0.25) is 0 Å². The van der Waals surface area contributed by atoms with Crippen LogP contribution in [0.4, 0.5) is 16.2 Å². The highest BCUT2D eigenvalue weighted by atomic mass is 35.5. The number of rotatable bonds is 5. The summed E-state index contributed by atoms with van der Waals surface area (Å²) in [6.07, 6.45) is -0.940. The predicted molar refractivity (Wildman–Crippen MR) is 111 cm³/mol. The van der Waals surface area contributed by atoms with Crippen LogP contribution in [-0.2, 0) is 14.3 Å². The number of cyclic esters (lactones) is 1. The summed E-state index contributed by atoms with van der Waals surface area (Å²) in [6.45, 7) is 1.58. The van der Waals surface area contributed by atoms with Gasteiger partial charge in [-0.2, -0.15) is 0 Å². The van der Waals surface area contributed by atoms with E-state index in [4.69, 9.17) is 21.1 Å². The minimum Gasteiger partial charge on any atom is -0.442 e. The van der Waals surface area contributed by atoms with Crippen molar-refractivity contribution in [3.05, 3.63) is 59.1 Å². The van der Waals surface area contributed by atoms with Crippen LogP contribution >= 0.6 is 11.6 Å². The summed E-state index contributed by atoms with van der Waals surface area (Å²) in [4.78, 5) is 39.6. The second kappa shape index (κ2) is 8.73. The highest BCUT2D eigenvalue weighted by molar-refractivity contribution is 6.30. The zero-order valence-electron chi connectivity index (χ0n) is 16.0. The van der Waals surface area contributed by atoms with Crippen LogP contribution in [0.2, 0.25) is 5.02 Å². The number of nitrogens with one attached hydrogen (secondary N) is 1. The van der Waals surface area contributed by atoms with Gasteiger partial charge in [0.15, 0.2) is 0 Å². The zero-order chi connectivity index (χ0) is 21.1. The Morgan fingerprint density at radius 2 is 1.70 bits per heavy atom. The van der Waals surface area contributed by atoms with Crippen LogP contribution in [0, 0.1) is 0 Å². The number of ether oxygens (including phenoxy) is 2. The molecule has 0 aromatic heterocycles. The minimum absolute atomic E-state index is 0.0730. The molecule has 156 valence electrons. The van der Waals surface area contributed by atoms with Crippen molar-refractivity contribution in [2.75, 3.05) is 42.6 Å². The van der Waals surface area contributed by atoms with Gasteiger partial charge in [0, 0.05) is 28.5 Å². The first kappa shape index (κ1) is 20.2. The van der Waals surface area contributed by atoms with Crippen molar-refractivity contribution in [3.63, 3.8) is 0 Å². The number of amides is 3. The fourth-order valence-corrected chi connectivity index (χ4v) is 3.48. The van der Waals surface area contributed by atoms with Gasteiger partial charge in [-0.25, -0.2) is 4.79 Å². The first-order chi connectivity index (χ1) is 14.5. The van der Waals surface area contributed by atoms with E-state index in [0.717, 1.165) is 5.69 Å². The Morgan fingerprint density at radius 3 is 2.37 bits per heavy atom. The summed E-state index contributed by atoms with van der Waals surface area (Å²) in [5.41, 5.74) is 1.90. The van der Waals surface area contributed by atoms with Crippen molar-refractivity contribution in [1.82, 2.24) is 5.32 Å². The number of carbonyl (C=O) groups is 3. The van der Waals surface area contributed by atoms with Crippen LogP contribution in [0.5, 0.6) is 0 Å². The van der Waals surface area contributed by atoms with E-state index in [2.05, 4.69) is 5.32 Å². The second-order valence-corrected chi connectivity index (χ2v) is 7.38. The third kappa shape index (κ3) is 4.39. The molecule has 4 rings (SSSR count). The van der Waals surface area contributed by atoms with Gasteiger partial charge in [-0.15, -0.1) is 0 Å². The zero-order valence-corrected chi connectivity index (χ0v) is 16.8. The number of carbonyl (C=O) groups excluding carboxylic acids is 3. The number of nitrogens with zero attached hydrogens (tertiary/aromatic N) is 2. The first-order valence-corrected chi connectivity index (χ1v) is 9.89. The maximum atomic E-state index is 12.3. The second-order valence-electron chi connectivity index (χ2n) is 6.95. The Labute approximate surface area is 178 Å². The smallest absolute Gasteiger partial charge is 0.414 e. The SMILES string of the molecule is O=C(NC[C@H]1CN(c2ccc(N3CCOCC3=O)cc2)C(=O)O1)c1ccc(Cl)cc1. The molecule has 2 saturated heterocycles. The molecule has 2 heterocycles. The molecule has 2 aromatic carbocycles. The molecule has 1 N–H and O–H groups in total. The van der Waals surface area contributed by atoms with Gasteiger partial charge in [-0.3, -0.25) is 14.5 Å². The Hall–Kier alpha value is -3.10. The molecule has 2 aromatic rings. The third-order valence-corrected chi connectivity index (χ3v) is 5.18. The van der Waals surface area contributed by atoms with E-state index in [1.54, 1.807) is 53.4 Å². The Bertz CT molecular complexity index is 948. The topological polar surface area (TPSA) is 88.2 Å². The number of hydrogen-bond donors (Lipinski definition) is 1. The van der Waals surface area contributed by atoms with E-state index in [9.17, 15) is 14.4 Å². The largest absolute Gasteiger partial charge is 0.442 e. The Morgan fingerprint density at radius 1 is 1.03 bits per heavy atom. The van der Waals surface area contributed by atoms with E-state index < -0.39 is 12.2 Å². The summed E-state index contributed by atoms with van der Waals surface area (Å²) in [5.74, 6) is -0.355. The standard InChI is InChI=1S/C21H20ClN3O5/c22-15-3-1-14(2-4-15)20(27)23-11-18-12-25(21(28)30-18)17-7-5-16(6-8-17)24-9-10-29-13-19(24)26/h1-8,18H,9-13H2,(H,23,27)/t18-/m0/s1. The number of hydrogen-bond acceptors (Lipinski definition) is 5. The van der Waals surface area contributed by atoms with Crippen molar-refractivity contribution in [1.29, 1.82) is 0 Å². The summed E-state index contributed by atoms with van der Waals surface area (Å²) in [7, 11) is 0. The molecule has 2 fully saturated rings. The first-order valence-electron chi connectivity index (χ1n) is 9.51. The fraction of sp³-hybridized carbons (Fsp3) is 0.286. The number of halogens is 1. The number of morpholine rings is 1. The van der Waals surface area contributed by atoms with Gasteiger partial charge in [-0.1, -0.05) is 11.6 Å². The van der Waals surface area contributed by atoms with E-state index in [1.165, 1.54) is 4.90 Å². The Balaban J connectivity index is 1.34. The average Bonchev–Trinajstić information content (AvgIpc) is 3.13. The van der Waals surface area contributed by atoms with Gasteiger partial charge in [0.1, 0.15) is 12.7 Å². The van der Waals surface area contributed by atoms with Gasteiger partial charge in [0.25, 0.3) is 11.8 Å². The van der Waals surface area contributed by atoms with Crippen molar-refractivity contribution < 1.29 is 23.9 Å². The molecule has 3 amide bonds. The molecule has 8 nitrogen and oxygen atoms in total. The lowest BCUT2D eigenvalue weighted by atomic mass is 10.2. The molecule has 9 heteroatoms. The van der Waals surface area contributed by atoms with Crippen molar-refractivity contribution in [2.24, 2.45) is 0 Å². The van der Waals surface area contributed by atoms with E-state index in [1.807, 2.05) is 0 Å². The van der Waals surface area contributed by atoms with Crippen LogP contribution < -0.4 is 15.1 Å². The van der Waals surface area contributed by atoms with Gasteiger partial charge in [0.05, 0.1) is 19.7 Å². The molecule has 0 aliphatic carbocycles. The fourth-order valence-electron chi connectivity index (χ4n) is 3.35. The lowest BCUT2D eigenvalue weighted by Gasteiger charge is -2.27. The molecule has 0 saturated carbocycles. The maximum Gasteiger partial charge on any atom is 0.414 e. The van der Waals surface area contributed by atoms with E-state index >= 15 is 0 Å². The molecule has 0 unspecified atom stereocenters. The summed E-state index contributed by atoms with van der Waals surface area (Å²) >= 11 is 5.83. The van der Waals surface area contributed by atoms with Crippen LogP contribution in [-0.4, -0.2) is 56.9 Å². The van der Waals surface area contributed by atoms with Crippen molar-refractivity contribution >= 4 is 40.9 Å². The van der Waals surface area contributed by atoms with E-state index in [-0.39, 0.29) is 25.0 Å². The minimum atomic E-state index is -0.476. The molecule has 2 aliphatic heterocycles. The highest BCUT2D eigenvalue weighted by Gasteiger charge is 2.32. The maximum absolute atomic E-state index is 12.3. The van der Waals surface area contributed by atoms with Crippen LogP contribution in [0.25, 0.3) is 0 Å². The van der Waals surface area contributed by atoms with Crippen LogP contribution in [0.3, 0.4) is 0 Å². The predicted octanol–water partition coefficient (Wildman–Crippen LogP) is 2.46. The lowest BCUT2D eigenvalue weighted by molar-refractivity contribution is -0.125. The summed E-state index contributed by atoms with van der Waals surface area (Å²) in [6, 6.07) is 13.7. The number of anilines is 2. The van der Waals surface area contributed by atoms with Gasteiger partial charge < -0.3 is 19.7 Å². The summed E-state index contributed by atoms with van der Waals surface area (Å²) in [5, 5.41) is 3.32. The molecule has 30 heavy (non-hydrogen) atoms. The highest BCUT2D eigenvalue weighted by Crippen LogP contribution is 2.25. The number of benzene rings is 2. The molecule has 0 spiro atoms. The molecular weight excluding hydrogens is 410 g/mol. The van der Waals surface area contributed by atoms with Crippen molar-refractivity contribution in [3.8, 4) is 0 Å². The monoisotopic (exact) mass is 429 g/mol. The molecule has 1 atom stereocenters. The third-order valence-electron chi connectivity index (χ3n) is 4.93. The van der Waals surface area contributed by atoms with E-state index in [0.29, 0.717) is 36.0 Å². The quantitative estimate of drug-likeness (QED) is 0.788. The van der Waals surface area contributed by atoms with Crippen LogP contribution in [0.1, 0.15) is 10.4 Å². The molecule has 0 bridgehead atoms. The molecular formula is C21H20ClN3O5.